The first kappa shape index (κ1) is 14.0. The van der Waals surface area contributed by atoms with Crippen molar-refractivity contribution in [2.45, 2.75) is 43.2 Å². The van der Waals surface area contributed by atoms with E-state index in [1.165, 1.54) is 12.8 Å². The summed E-state index contributed by atoms with van der Waals surface area (Å²) in [5.74, 6) is 0.860. The summed E-state index contributed by atoms with van der Waals surface area (Å²) in [5.41, 5.74) is 1.87. The third-order valence-electron chi connectivity index (χ3n) is 4.40. The van der Waals surface area contributed by atoms with E-state index in [-0.39, 0.29) is 5.91 Å². The summed E-state index contributed by atoms with van der Waals surface area (Å²) in [7, 11) is 0. The minimum absolute atomic E-state index is 0.0813. The molecule has 1 amide bonds. The summed E-state index contributed by atoms with van der Waals surface area (Å²) < 4.78 is 0. The van der Waals surface area contributed by atoms with Gasteiger partial charge in [-0.15, -0.1) is 11.8 Å². The van der Waals surface area contributed by atoms with Gasteiger partial charge in [0.05, 0.1) is 0 Å². The van der Waals surface area contributed by atoms with Gasteiger partial charge < -0.3 is 10.6 Å². The van der Waals surface area contributed by atoms with Crippen LogP contribution in [0.1, 0.15) is 35.2 Å². The normalized spacial score (nSPS) is 25.7. The fourth-order valence-electron chi connectivity index (χ4n) is 3.06. The molecule has 1 aromatic carbocycles. The van der Waals surface area contributed by atoms with Crippen molar-refractivity contribution in [2.75, 3.05) is 12.8 Å². The van der Waals surface area contributed by atoms with Gasteiger partial charge in [0, 0.05) is 22.5 Å². The number of rotatable bonds is 4. The molecule has 1 heterocycles. The molecule has 0 aromatic heterocycles. The molecule has 2 N–H and O–H groups in total. The SMILES string of the molecule is CSc1ccc(C)c(C(=O)N[C@@H]2CCN[C@H]2C2CC2)c1. The molecule has 1 saturated carbocycles. The summed E-state index contributed by atoms with van der Waals surface area (Å²) in [6.07, 6.45) is 5.71. The van der Waals surface area contributed by atoms with E-state index in [2.05, 4.69) is 16.7 Å². The second-order valence-corrected chi connectivity index (χ2v) is 6.75. The van der Waals surface area contributed by atoms with Gasteiger partial charge in [0.15, 0.2) is 0 Å². The minimum atomic E-state index is 0.0813. The Morgan fingerprint density at radius 2 is 2.15 bits per heavy atom. The Labute approximate surface area is 124 Å². The van der Waals surface area contributed by atoms with Crippen molar-refractivity contribution in [3.8, 4) is 0 Å². The summed E-state index contributed by atoms with van der Waals surface area (Å²) in [5, 5.41) is 6.79. The Balaban J connectivity index is 1.72. The lowest BCUT2D eigenvalue weighted by Crippen LogP contribution is -2.44. The highest BCUT2D eigenvalue weighted by atomic mass is 32.2. The van der Waals surface area contributed by atoms with Gasteiger partial charge in [-0.3, -0.25) is 4.79 Å². The van der Waals surface area contributed by atoms with Crippen molar-refractivity contribution in [1.29, 1.82) is 0 Å². The van der Waals surface area contributed by atoms with Crippen LogP contribution in [0.2, 0.25) is 0 Å². The van der Waals surface area contributed by atoms with Crippen molar-refractivity contribution in [3.63, 3.8) is 0 Å². The van der Waals surface area contributed by atoms with E-state index in [4.69, 9.17) is 0 Å². The van der Waals surface area contributed by atoms with Crippen LogP contribution in [0.4, 0.5) is 0 Å². The molecule has 0 bridgehead atoms. The van der Waals surface area contributed by atoms with E-state index in [9.17, 15) is 4.79 Å². The lowest BCUT2D eigenvalue weighted by Gasteiger charge is -2.21. The number of hydrogen-bond donors (Lipinski definition) is 2. The maximum Gasteiger partial charge on any atom is 0.251 e. The predicted octanol–water partition coefficient (Wildman–Crippen LogP) is 2.59. The number of carbonyl (C=O) groups is 1. The number of nitrogens with one attached hydrogen (secondary N) is 2. The van der Waals surface area contributed by atoms with Gasteiger partial charge in [0.1, 0.15) is 0 Å². The van der Waals surface area contributed by atoms with E-state index in [0.717, 1.165) is 34.9 Å². The second kappa shape index (κ2) is 5.78. The van der Waals surface area contributed by atoms with Crippen LogP contribution in [0, 0.1) is 12.8 Å². The predicted molar refractivity (Wildman–Crippen MR) is 83.3 cm³/mol. The van der Waals surface area contributed by atoms with Crippen LogP contribution >= 0.6 is 11.8 Å². The Morgan fingerprint density at radius 1 is 1.35 bits per heavy atom. The number of aryl methyl sites for hydroxylation is 1. The molecule has 1 aromatic rings. The Bertz CT molecular complexity index is 513. The molecule has 0 unspecified atom stereocenters. The third-order valence-corrected chi connectivity index (χ3v) is 5.13. The highest BCUT2D eigenvalue weighted by Crippen LogP contribution is 2.36. The molecular weight excluding hydrogens is 268 g/mol. The molecule has 3 nitrogen and oxygen atoms in total. The summed E-state index contributed by atoms with van der Waals surface area (Å²) in [4.78, 5) is 13.7. The molecule has 1 saturated heterocycles. The van der Waals surface area contributed by atoms with Crippen LogP contribution in [0.15, 0.2) is 23.1 Å². The van der Waals surface area contributed by atoms with Crippen LogP contribution in [-0.4, -0.2) is 30.8 Å². The molecule has 20 heavy (non-hydrogen) atoms. The van der Waals surface area contributed by atoms with Crippen LogP contribution in [0.25, 0.3) is 0 Å². The van der Waals surface area contributed by atoms with Crippen molar-refractivity contribution in [2.24, 2.45) is 5.92 Å². The Hall–Kier alpha value is -1.00. The van der Waals surface area contributed by atoms with Gasteiger partial charge in [0.25, 0.3) is 5.91 Å². The maximum absolute atomic E-state index is 12.5. The van der Waals surface area contributed by atoms with Gasteiger partial charge in [0.2, 0.25) is 0 Å². The number of thioether (sulfide) groups is 1. The van der Waals surface area contributed by atoms with Crippen LogP contribution in [0.5, 0.6) is 0 Å². The Morgan fingerprint density at radius 3 is 2.85 bits per heavy atom. The zero-order chi connectivity index (χ0) is 14.1. The van der Waals surface area contributed by atoms with Gasteiger partial charge >= 0.3 is 0 Å². The summed E-state index contributed by atoms with van der Waals surface area (Å²) >= 11 is 1.67. The summed E-state index contributed by atoms with van der Waals surface area (Å²) in [6.45, 7) is 3.03. The zero-order valence-corrected chi connectivity index (χ0v) is 12.9. The van der Waals surface area contributed by atoms with Gasteiger partial charge in [-0.2, -0.15) is 0 Å². The maximum atomic E-state index is 12.5. The quantitative estimate of drug-likeness (QED) is 0.838. The second-order valence-electron chi connectivity index (χ2n) is 5.87. The number of benzene rings is 1. The molecule has 108 valence electrons. The lowest BCUT2D eigenvalue weighted by atomic mass is 10.0. The molecule has 0 radical (unpaired) electrons. The molecule has 3 rings (SSSR count). The van der Waals surface area contributed by atoms with Crippen molar-refractivity contribution in [3.05, 3.63) is 29.3 Å². The highest BCUT2D eigenvalue weighted by molar-refractivity contribution is 7.98. The number of carbonyl (C=O) groups excluding carboxylic acids is 1. The van der Waals surface area contributed by atoms with Crippen molar-refractivity contribution >= 4 is 17.7 Å². The fourth-order valence-corrected chi connectivity index (χ4v) is 3.50. The third kappa shape index (κ3) is 2.86. The van der Waals surface area contributed by atoms with E-state index < -0.39 is 0 Å². The first-order valence-electron chi connectivity index (χ1n) is 7.38. The summed E-state index contributed by atoms with van der Waals surface area (Å²) in [6, 6.07) is 6.90. The Kier molecular flexibility index (Phi) is 4.03. The molecule has 1 aliphatic carbocycles. The minimum Gasteiger partial charge on any atom is -0.348 e. The van der Waals surface area contributed by atoms with E-state index in [0.29, 0.717) is 12.1 Å². The largest absolute Gasteiger partial charge is 0.348 e. The number of amides is 1. The average Bonchev–Trinajstić information content (AvgIpc) is 3.20. The highest BCUT2D eigenvalue weighted by Gasteiger charge is 2.39. The number of hydrogen-bond acceptors (Lipinski definition) is 3. The molecule has 1 aliphatic heterocycles. The molecule has 2 aliphatic rings. The molecule has 2 fully saturated rings. The van der Waals surface area contributed by atoms with Gasteiger partial charge in [-0.1, -0.05) is 6.07 Å². The molecular formula is C16H22N2OS. The lowest BCUT2D eigenvalue weighted by molar-refractivity contribution is 0.0931. The molecule has 2 atom stereocenters. The van der Waals surface area contributed by atoms with Crippen LogP contribution < -0.4 is 10.6 Å². The van der Waals surface area contributed by atoms with Crippen molar-refractivity contribution < 1.29 is 4.79 Å². The standard InChI is InChI=1S/C16H22N2OS/c1-10-3-6-12(20-2)9-13(10)16(19)18-14-7-8-17-15(14)11-4-5-11/h3,6,9,11,14-15,17H,4-5,7-8H2,1-2H3,(H,18,19)/t14-,15+/m1/s1. The van der Waals surface area contributed by atoms with Crippen LogP contribution in [0.3, 0.4) is 0 Å². The average molecular weight is 290 g/mol. The van der Waals surface area contributed by atoms with E-state index >= 15 is 0 Å². The first-order chi connectivity index (χ1) is 9.69. The first-order valence-corrected chi connectivity index (χ1v) is 8.60. The topological polar surface area (TPSA) is 41.1 Å². The van der Waals surface area contributed by atoms with E-state index in [1.807, 2.05) is 25.3 Å². The van der Waals surface area contributed by atoms with Crippen LogP contribution in [-0.2, 0) is 0 Å². The molecule has 4 heteroatoms. The zero-order valence-electron chi connectivity index (χ0n) is 12.1. The van der Waals surface area contributed by atoms with Gasteiger partial charge in [-0.25, -0.2) is 0 Å². The monoisotopic (exact) mass is 290 g/mol. The molecule has 0 spiro atoms. The van der Waals surface area contributed by atoms with Crippen molar-refractivity contribution in [1.82, 2.24) is 10.6 Å². The van der Waals surface area contributed by atoms with E-state index in [1.54, 1.807) is 11.8 Å². The van der Waals surface area contributed by atoms with Gasteiger partial charge in [-0.05, 0) is 62.6 Å². The fraction of sp³-hybridized carbons (Fsp3) is 0.562. The smallest absolute Gasteiger partial charge is 0.251 e.